The molecule has 0 amide bonds. The SMILES string of the molecule is CCC(C)OCC(=O)c1ccc(F)cc1. The van der Waals surface area contributed by atoms with Gasteiger partial charge in [-0.2, -0.15) is 0 Å². The van der Waals surface area contributed by atoms with Gasteiger partial charge in [-0.1, -0.05) is 6.92 Å². The second-order valence-electron chi connectivity index (χ2n) is 3.46. The summed E-state index contributed by atoms with van der Waals surface area (Å²) in [7, 11) is 0. The molecule has 1 aromatic carbocycles. The van der Waals surface area contributed by atoms with Gasteiger partial charge in [-0.05, 0) is 37.6 Å². The lowest BCUT2D eigenvalue weighted by atomic mass is 10.1. The summed E-state index contributed by atoms with van der Waals surface area (Å²) in [6.07, 6.45) is 0.950. The van der Waals surface area contributed by atoms with Crippen molar-refractivity contribution >= 4 is 5.78 Å². The van der Waals surface area contributed by atoms with E-state index < -0.39 is 0 Å². The molecule has 82 valence electrons. The number of carbonyl (C=O) groups excluding carboxylic acids is 1. The lowest BCUT2D eigenvalue weighted by Gasteiger charge is -2.09. The van der Waals surface area contributed by atoms with Crippen molar-refractivity contribution in [1.82, 2.24) is 0 Å². The molecule has 0 saturated carbocycles. The summed E-state index contributed by atoms with van der Waals surface area (Å²) in [5.41, 5.74) is 0.486. The highest BCUT2D eigenvalue weighted by Gasteiger charge is 2.07. The van der Waals surface area contributed by atoms with Crippen LogP contribution in [0.3, 0.4) is 0 Å². The van der Waals surface area contributed by atoms with Gasteiger partial charge in [0.25, 0.3) is 0 Å². The highest BCUT2D eigenvalue weighted by Crippen LogP contribution is 2.05. The van der Waals surface area contributed by atoms with Gasteiger partial charge in [0.1, 0.15) is 12.4 Å². The highest BCUT2D eigenvalue weighted by molar-refractivity contribution is 5.97. The zero-order valence-electron chi connectivity index (χ0n) is 9.00. The van der Waals surface area contributed by atoms with Gasteiger partial charge in [-0.3, -0.25) is 4.79 Å². The van der Waals surface area contributed by atoms with Crippen molar-refractivity contribution in [3.8, 4) is 0 Å². The van der Waals surface area contributed by atoms with E-state index in [-0.39, 0.29) is 24.3 Å². The van der Waals surface area contributed by atoms with Gasteiger partial charge in [0.2, 0.25) is 0 Å². The smallest absolute Gasteiger partial charge is 0.188 e. The average molecular weight is 210 g/mol. The van der Waals surface area contributed by atoms with Crippen LogP contribution in [0.25, 0.3) is 0 Å². The first-order chi connectivity index (χ1) is 7.13. The second kappa shape index (κ2) is 5.61. The van der Waals surface area contributed by atoms with Crippen molar-refractivity contribution < 1.29 is 13.9 Å². The topological polar surface area (TPSA) is 26.3 Å². The van der Waals surface area contributed by atoms with Crippen LogP contribution in [0.5, 0.6) is 0 Å². The van der Waals surface area contributed by atoms with Crippen molar-refractivity contribution in [3.05, 3.63) is 35.6 Å². The Kier molecular flexibility index (Phi) is 4.43. The van der Waals surface area contributed by atoms with E-state index in [4.69, 9.17) is 4.74 Å². The quantitative estimate of drug-likeness (QED) is 0.698. The van der Waals surface area contributed by atoms with E-state index in [1.54, 1.807) is 0 Å². The maximum atomic E-state index is 12.6. The number of rotatable bonds is 5. The third-order valence-corrected chi connectivity index (χ3v) is 2.24. The number of ketones is 1. The molecule has 0 fully saturated rings. The fraction of sp³-hybridized carbons (Fsp3) is 0.417. The molecule has 1 atom stereocenters. The molecule has 3 heteroatoms. The normalized spacial score (nSPS) is 12.5. The fourth-order valence-electron chi connectivity index (χ4n) is 1.05. The summed E-state index contributed by atoms with van der Waals surface area (Å²) in [6.45, 7) is 3.96. The largest absolute Gasteiger partial charge is 0.370 e. The van der Waals surface area contributed by atoms with Crippen LogP contribution < -0.4 is 0 Å². The van der Waals surface area contributed by atoms with E-state index in [0.29, 0.717) is 5.56 Å². The van der Waals surface area contributed by atoms with Crippen LogP contribution in [-0.2, 0) is 4.74 Å². The Hall–Kier alpha value is -1.22. The molecule has 0 bridgehead atoms. The van der Waals surface area contributed by atoms with Crippen molar-refractivity contribution in [2.75, 3.05) is 6.61 Å². The first kappa shape index (κ1) is 11.9. The predicted molar refractivity (Wildman–Crippen MR) is 56.4 cm³/mol. The summed E-state index contributed by atoms with van der Waals surface area (Å²) in [5.74, 6) is -0.454. The van der Waals surface area contributed by atoms with Crippen LogP contribution in [0.15, 0.2) is 24.3 Å². The van der Waals surface area contributed by atoms with E-state index >= 15 is 0 Å². The number of benzene rings is 1. The molecule has 15 heavy (non-hydrogen) atoms. The molecule has 1 aromatic rings. The van der Waals surface area contributed by atoms with Crippen molar-refractivity contribution in [3.63, 3.8) is 0 Å². The van der Waals surface area contributed by atoms with E-state index in [2.05, 4.69) is 0 Å². The zero-order chi connectivity index (χ0) is 11.3. The molecule has 1 rings (SSSR count). The highest BCUT2D eigenvalue weighted by atomic mass is 19.1. The minimum atomic E-state index is -0.339. The van der Waals surface area contributed by atoms with Crippen LogP contribution in [0.1, 0.15) is 30.6 Å². The second-order valence-corrected chi connectivity index (χ2v) is 3.46. The van der Waals surface area contributed by atoms with Gasteiger partial charge in [0.15, 0.2) is 5.78 Å². The molecule has 1 unspecified atom stereocenters. The molecule has 0 radical (unpaired) electrons. The molecule has 0 spiro atoms. The Morgan fingerprint density at radius 2 is 2.00 bits per heavy atom. The molecular formula is C12H15FO2. The van der Waals surface area contributed by atoms with Gasteiger partial charge < -0.3 is 4.74 Å². The van der Waals surface area contributed by atoms with Gasteiger partial charge in [-0.25, -0.2) is 4.39 Å². The van der Waals surface area contributed by atoms with Crippen LogP contribution in [-0.4, -0.2) is 18.5 Å². The molecule has 0 N–H and O–H groups in total. The van der Waals surface area contributed by atoms with Gasteiger partial charge in [0, 0.05) is 5.56 Å². The van der Waals surface area contributed by atoms with E-state index in [0.717, 1.165) is 6.42 Å². The maximum Gasteiger partial charge on any atom is 0.188 e. The number of ether oxygens (including phenoxy) is 1. The first-order valence-electron chi connectivity index (χ1n) is 5.04. The Morgan fingerprint density at radius 3 is 2.53 bits per heavy atom. The minimum Gasteiger partial charge on any atom is -0.370 e. The summed E-state index contributed by atoms with van der Waals surface area (Å²) in [6, 6.07) is 5.49. The Labute approximate surface area is 89.1 Å². The van der Waals surface area contributed by atoms with E-state index in [1.807, 2.05) is 13.8 Å². The van der Waals surface area contributed by atoms with Crippen molar-refractivity contribution in [2.45, 2.75) is 26.4 Å². The molecule has 0 aromatic heterocycles. The van der Waals surface area contributed by atoms with Crippen LogP contribution in [0.4, 0.5) is 4.39 Å². The van der Waals surface area contributed by atoms with Crippen LogP contribution >= 0.6 is 0 Å². The standard InChI is InChI=1S/C12H15FO2/c1-3-9(2)15-8-12(14)10-4-6-11(13)7-5-10/h4-7,9H,3,8H2,1-2H3. The van der Waals surface area contributed by atoms with Crippen LogP contribution in [0.2, 0.25) is 0 Å². The van der Waals surface area contributed by atoms with Gasteiger partial charge in [0.05, 0.1) is 6.10 Å². The minimum absolute atomic E-state index is 0.0562. The molecule has 0 saturated heterocycles. The number of hydrogen-bond donors (Lipinski definition) is 0. The Balaban J connectivity index is 2.50. The molecule has 0 aliphatic rings. The number of halogens is 1. The number of carbonyl (C=O) groups is 1. The lowest BCUT2D eigenvalue weighted by Crippen LogP contribution is -2.15. The van der Waals surface area contributed by atoms with Crippen molar-refractivity contribution in [1.29, 1.82) is 0 Å². The fourth-order valence-corrected chi connectivity index (χ4v) is 1.05. The summed E-state index contributed by atoms with van der Waals surface area (Å²) in [4.78, 5) is 11.5. The Morgan fingerprint density at radius 1 is 1.40 bits per heavy atom. The molecule has 0 aliphatic heterocycles. The van der Waals surface area contributed by atoms with Crippen molar-refractivity contribution in [2.24, 2.45) is 0 Å². The molecule has 2 nitrogen and oxygen atoms in total. The van der Waals surface area contributed by atoms with Crippen LogP contribution in [0, 0.1) is 5.82 Å². The third kappa shape index (κ3) is 3.80. The first-order valence-corrected chi connectivity index (χ1v) is 5.04. The molecular weight excluding hydrogens is 195 g/mol. The van der Waals surface area contributed by atoms with E-state index in [9.17, 15) is 9.18 Å². The Bertz CT molecular complexity index is 319. The number of hydrogen-bond acceptors (Lipinski definition) is 2. The van der Waals surface area contributed by atoms with E-state index in [1.165, 1.54) is 24.3 Å². The lowest BCUT2D eigenvalue weighted by molar-refractivity contribution is 0.0511. The molecule has 0 aliphatic carbocycles. The predicted octanol–water partition coefficient (Wildman–Crippen LogP) is 2.82. The summed E-state index contributed by atoms with van der Waals surface area (Å²) >= 11 is 0. The average Bonchev–Trinajstić information content (AvgIpc) is 2.26. The van der Waals surface area contributed by atoms with Gasteiger partial charge >= 0.3 is 0 Å². The zero-order valence-corrected chi connectivity index (χ0v) is 9.00. The monoisotopic (exact) mass is 210 g/mol. The third-order valence-electron chi connectivity index (χ3n) is 2.24. The molecule has 0 heterocycles. The van der Waals surface area contributed by atoms with Gasteiger partial charge in [-0.15, -0.1) is 0 Å². The maximum absolute atomic E-state index is 12.6. The number of Topliss-reactive ketones (excluding diaryl/α,β-unsaturated/α-hetero) is 1. The summed E-state index contributed by atoms with van der Waals surface area (Å²) in [5, 5.41) is 0. The summed E-state index contributed by atoms with van der Waals surface area (Å²) < 4.78 is 17.9.